The Bertz CT molecular complexity index is 481. The molecule has 1 atom stereocenters. The molecule has 2 N–H and O–H groups in total. The van der Waals surface area contributed by atoms with Crippen molar-refractivity contribution in [3.8, 4) is 0 Å². The molecule has 0 bridgehead atoms. The summed E-state index contributed by atoms with van der Waals surface area (Å²) in [7, 11) is 0. The highest BCUT2D eigenvalue weighted by Gasteiger charge is 2.34. The zero-order chi connectivity index (χ0) is 16.6. The van der Waals surface area contributed by atoms with Crippen molar-refractivity contribution >= 4 is 18.3 Å². The lowest BCUT2D eigenvalue weighted by atomic mass is 9.92. The molecule has 3 nitrogen and oxygen atoms in total. The van der Waals surface area contributed by atoms with Crippen molar-refractivity contribution in [3.63, 3.8) is 0 Å². The minimum Gasteiger partial charge on any atom is -0.355 e. The molecule has 1 rings (SSSR count). The zero-order valence-corrected chi connectivity index (χ0v) is 14.2. The van der Waals surface area contributed by atoms with Crippen LogP contribution in [0.2, 0.25) is 0 Å². The van der Waals surface area contributed by atoms with Gasteiger partial charge in [0.1, 0.15) is 0 Å². The molecule has 1 aromatic rings. The van der Waals surface area contributed by atoms with E-state index in [9.17, 15) is 18.0 Å². The Labute approximate surface area is 141 Å². The van der Waals surface area contributed by atoms with E-state index in [1.54, 1.807) is 13.0 Å². The van der Waals surface area contributed by atoms with Gasteiger partial charge in [-0.2, -0.15) is 13.2 Å². The average Bonchev–Trinajstić information content (AvgIpc) is 2.46. The number of halogens is 4. The zero-order valence-electron chi connectivity index (χ0n) is 13.4. The molecule has 0 aliphatic heterocycles. The van der Waals surface area contributed by atoms with Gasteiger partial charge in [-0.3, -0.25) is 4.79 Å². The van der Waals surface area contributed by atoms with E-state index in [0.29, 0.717) is 13.1 Å². The normalized spacial score (nSPS) is 12.4. The van der Waals surface area contributed by atoms with Gasteiger partial charge in [0.2, 0.25) is 5.91 Å². The molecular formula is C16H24ClF3N2O. The second-order valence-corrected chi connectivity index (χ2v) is 5.29. The molecule has 1 aromatic carbocycles. The molecule has 0 saturated heterocycles. The number of amides is 1. The van der Waals surface area contributed by atoms with Gasteiger partial charge < -0.3 is 10.6 Å². The smallest absolute Gasteiger partial charge is 0.355 e. The lowest BCUT2D eigenvalue weighted by Crippen LogP contribution is -2.32. The molecule has 0 heterocycles. The van der Waals surface area contributed by atoms with Crippen LogP contribution in [0.1, 0.15) is 43.7 Å². The Morgan fingerprint density at radius 3 is 2.43 bits per heavy atom. The fourth-order valence-electron chi connectivity index (χ4n) is 2.24. The summed E-state index contributed by atoms with van der Waals surface area (Å²) in [5, 5.41) is 5.86. The highest BCUT2D eigenvalue weighted by Crippen LogP contribution is 2.35. The van der Waals surface area contributed by atoms with Gasteiger partial charge in [-0.25, -0.2) is 0 Å². The fourth-order valence-corrected chi connectivity index (χ4v) is 2.24. The molecule has 1 amide bonds. The first kappa shape index (κ1) is 21.7. The van der Waals surface area contributed by atoms with Crippen LogP contribution in [0.3, 0.4) is 0 Å². The van der Waals surface area contributed by atoms with Crippen LogP contribution < -0.4 is 10.6 Å². The SMILES string of the molecule is CCCNCCNC(=O)CC(C)c1ccccc1C(F)(F)F.Cl. The Kier molecular flexibility index (Phi) is 9.91. The van der Waals surface area contributed by atoms with E-state index in [2.05, 4.69) is 10.6 Å². The highest BCUT2D eigenvalue weighted by molar-refractivity contribution is 5.85. The van der Waals surface area contributed by atoms with E-state index < -0.39 is 17.7 Å². The molecule has 0 aromatic heterocycles. The second-order valence-electron chi connectivity index (χ2n) is 5.29. The molecule has 0 fully saturated rings. The lowest BCUT2D eigenvalue weighted by molar-refractivity contribution is -0.138. The minimum absolute atomic E-state index is 0. The Morgan fingerprint density at radius 1 is 1.17 bits per heavy atom. The average molecular weight is 353 g/mol. The molecule has 1 unspecified atom stereocenters. The van der Waals surface area contributed by atoms with Crippen LogP contribution in [0.5, 0.6) is 0 Å². The summed E-state index contributed by atoms with van der Waals surface area (Å²) in [5.41, 5.74) is -0.505. The number of nitrogens with one attached hydrogen (secondary N) is 2. The Hall–Kier alpha value is -1.27. The lowest BCUT2D eigenvalue weighted by Gasteiger charge is -2.18. The van der Waals surface area contributed by atoms with Crippen molar-refractivity contribution in [2.45, 2.75) is 38.8 Å². The van der Waals surface area contributed by atoms with Gasteiger partial charge >= 0.3 is 6.18 Å². The summed E-state index contributed by atoms with van der Waals surface area (Å²) < 4.78 is 38.9. The molecular weight excluding hydrogens is 329 g/mol. The number of carbonyl (C=O) groups excluding carboxylic acids is 1. The van der Waals surface area contributed by atoms with Crippen molar-refractivity contribution < 1.29 is 18.0 Å². The molecule has 0 saturated carbocycles. The summed E-state index contributed by atoms with van der Waals surface area (Å²) in [6.45, 7) is 5.70. The van der Waals surface area contributed by atoms with Crippen LogP contribution in [0.4, 0.5) is 13.2 Å². The van der Waals surface area contributed by atoms with Crippen molar-refractivity contribution in [3.05, 3.63) is 35.4 Å². The van der Waals surface area contributed by atoms with Gasteiger partial charge in [-0.05, 0) is 30.5 Å². The minimum atomic E-state index is -4.40. The van der Waals surface area contributed by atoms with Crippen LogP contribution in [0.15, 0.2) is 24.3 Å². The van der Waals surface area contributed by atoms with E-state index in [4.69, 9.17) is 0 Å². The van der Waals surface area contributed by atoms with Gasteiger partial charge in [0.05, 0.1) is 5.56 Å². The number of hydrogen-bond donors (Lipinski definition) is 2. The first-order valence-electron chi connectivity index (χ1n) is 7.49. The van der Waals surface area contributed by atoms with Crippen LogP contribution in [-0.4, -0.2) is 25.5 Å². The Morgan fingerprint density at radius 2 is 1.83 bits per heavy atom. The Balaban J connectivity index is 0.00000484. The maximum Gasteiger partial charge on any atom is 0.416 e. The van der Waals surface area contributed by atoms with Gasteiger partial charge in [0.25, 0.3) is 0 Å². The predicted octanol–water partition coefficient (Wildman–Crippen LogP) is 3.74. The maximum absolute atomic E-state index is 13.0. The number of benzene rings is 1. The number of hydrogen-bond acceptors (Lipinski definition) is 2. The van der Waals surface area contributed by atoms with Crippen LogP contribution in [0, 0.1) is 0 Å². The van der Waals surface area contributed by atoms with E-state index in [1.807, 2.05) is 6.92 Å². The number of rotatable bonds is 8. The van der Waals surface area contributed by atoms with Crippen molar-refractivity contribution in [1.29, 1.82) is 0 Å². The van der Waals surface area contributed by atoms with Gasteiger partial charge in [0, 0.05) is 19.5 Å². The maximum atomic E-state index is 13.0. The third-order valence-electron chi connectivity index (χ3n) is 3.34. The van der Waals surface area contributed by atoms with Gasteiger partial charge in [0.15, 0.2) is 0 Å². The largest absolute Gasteiger partial charge is 0.416 e. The van der Waals surface area contributed by atoms with Gasteiger partial charge in [-0.1, -0.05) is 32.0 Å². The van der Waals surface area contributed by atoms with Crippen LogP contribution in [0.25, 0.3) is 0 Å². The molecule has 132 valence electrons. The van der Waals surface area contributed by atoms with Crippen LogP contribution in [-0.2, 0) is 11.0 Å². The summed E-state index contributed by atoms with van der Waals surface area (Å²) in [6.07, 6.45) is -3.34. The molecule has 0 spiro atoms. The monoisotopic (exact) mass is 352 g/mol. The number of carbonyl (C=O) groups is 1. The first-order chi connectivity index (χ1) is 10.4. The summed E-state index contributed by atoms with van der Waals surface area (Å²) in [6, 6.07) is 5.41. The summed E-state index contributed by atoms with van der Waals surface area (Å²) in [5.74, 6) is -0.718. The van der Waals surface area contributed by atoms with E-state index in [0.717, 1.165) is 19.0 Å². The number of alkyl halides is 3. The van der Waals surface area contributed by atoms with Gasteiger partial charge in [-0.15, -0.1) is 12.4 Å². The highest BCUT2D eigenvalue weighted by atomic mass is 35.5. The second kappa shape index (κ2) is 10.5. The third-order valence-corrected chi connectivity index (χ3v) is 3.34. The molecule has 0 aliphatic carbocycles. The van der Waals surface area contributed by atoms with Crippen molar-refractivity contribution in [1.82, 2.24) is 10.6 Å². The quantitative estimate of drug-likeness (QED) is 0.700. The van der Waals surface area contributed by atoms with Crippen LogP contribution >= 0.6 is 12.4 Å². The topological polar surface area (TPSA) is 41.1 Å². The van der Waals surface area contributed by atoms with Crippen molar-refractivity contribution in [2.75, 3.05) is 19.6 Å². The molecule has 23 heavy (non-hydrogen) atoms. The van der Waals surface area contributed by atoms with E-state index in [-0.39, 0.29) is 30.3 Å². The predicted molar refractivity (Wildman–Crippen MR) is 87.9 cm³/mol. The first-order valence-corrected chi connectivity index (χ1v) is 7.49. The summed E-state index contributed by atoms with van der Waals surface area (Å²) >= 11 is 0. The molecule has 7 heteroatoms. The molecule has 0 radical (unpaired) electrons. The van der Waals surface area contributed by atoms with Crippen molar-refractivity contribution in [2.24, 2.45) is 0 Å². The third kappa shape index (κ3) is 7.70. The van der Waals surface area contributed by atoms with E-state index in [1.165, 1.54) is 12.1 Å². The molecule has 0 aliphatic rings. The summed E-state index contributed by atoms with van der Waals surface area (Å²) in [4.78, 5) is 11.8. The van der Waals surface area contributed by atoms with E-state index >= 15 is 0 Å². The standard InChI is InChI=1S/C16H23F3N2O.ClH/c1-3-8-20-9-10-21-15(22)11-12(2)13-6-4-5-7-14(13)16(17,18)19;/h4-7,12,20H,3,8-11H2,1-2H3,(H,21,22);1H. The fraction of sp³-hybridized carbons (Fsp3) is 0.562.